The number of ether oxygens (including phenoxy) is 1. The van der Waals surface area contributed by atoms with Gasteiger partial charge in [0.2, 0.25) is 0 Å². The number of morpholine rings is 1. The summed E-state index contributed by atoms with van der Waals surface area (Å²) < 4.78 is 43.4. The van der Waals surface area contributed by atoms with Gasteiger partial charge in [-0.15, -0.1) is 0 Å². The van der Waals surface area contributed by atoms with Crippen molar-refractivity contribution < 1.29 is 17.9 Å². The van der Waals surface area contributed by atoms with Crippen LogP contribution in [0.25, 0.3) is 0 Å². The molecule has 0 amide bonds. The molecular formula is C13H23F3N2O. The van der Waals surface area contributed by atoms with Gasteiger partial charge in [-0.3, -0.25) is 0 Å². The topological polar surface area (TPSA) is 24.5 Å². The van der Waals surface area contributed by atoms with Crippen molar-refractivity contribution in [3.8, 4) is 0 Å². The molecule has 0 bridgehead atoms. The molecule has 19 heavy (non-hydrogen) atoms. The molecule has 6 heteroatoms. The Morgan fingerprint density at radius 3 is 2.42 bits per heavy atom. The molecule has 1 N–H and O–H groups in total. The molecule has 3 nitrogen and oxygen atoms in total. The van der Waals surface area contributed by atoms with E-state index in [4.69, 9.17) is 4.74 Å². The maximum Gasteiger partial charge on any atom is 0.391 e. The van der Waals surface area contributed by atoms with E-state index in [2.05, 4.69) is 10.2 Å². The number of rotatable bonds is 3. The molecule has 1 saturated heterocycles. The van der Waals surface area contributed by atoms with E-state index < -0.39 is 12.1 Å². The third-order valence-electron chi connectivity index (χ3n) is 4.28. The predicted molar refractivity (Wildman–Crippen MR) is 67.0 cm³/mol. The van der Waals surface area contributed by atoms with Gasteiger partial charge in [0.1, 0.15) is 0 Å². The summed E-state index contributed by atoms with van der Waals surface area (Å²) in [7, 11) is 2.00. The molecule has 1 unspecified atom stereocenters. The van der Waals surface area contributed by atoms with E-state index in [1.807, 2.05) is 7.05 Å². The summed E-state index contributed by atoms with van der Waals surface area (Å²) in [5, 5.41) is 3.27. The van der Waals surface area contributed by atoms with Gasteiger partial charge in [-0.05, 0) is 32.7 Å². The number of nitrogens with zero attached hydrogens (tertiary/aromatic N) is 1. The first-order valence-electron chi connectivity index (χ1n) is 7.06. The standard InChI is InChI=1S/C13H23F3N2O/c1-18(9-12-8-17-6-7-19-12)11-4-2-10(3-5-11)13(14,15)16/h10-12,17H,2-9H2,1H3. The Kier molecular flexibility index (Phi) is 5.09. The largest absolute Gasteiger partial charge is 0.391 e. The summed E-state index contributed by atoms with van der Waals surface area (Å²) in [6.45, 7) is 3.24. The Labute approximate surface area is 112 Å². The first-order chi connectivity index (χ1) is 8.97. The van der Waals surface area contributed by atoms with E-state index in [1.165, 1.54) is 0 Å². The van der Waals surface area contributed by atoms with Gasteiger partial charge in [0.05, 0.1) is 18.6 Å². The molecule has 1 heterocycles. The van der Waals surface area contributed by atoms with Crippen LogP contribution in [0.5, 0.6) is 0 Å². The van der Waals surface area contributed by atoms with Crippen molar-refractivity contribution in [1.82, 2.24) is 10.2 Å². The highest BCUT2D eigenvalue weighted by atomic mass is 19.4. The molecule has 1 atom stereocenters. The summed E-state index contributed by atoms with van der Waals surface area (Å²) in [6.07, 6.45) is -2.04. The zero-order chi connectivity index (χ0) is 13.9. The number of halogens is 3. The lowest BCUT2D eigenvalue weighted by molar-refractivity contribution is -0.184. The molecule has 0 aromatic carbocycles. The highest BCUT2D eigenvalue weighted by Crippen LogP contribution is 2.38. The van der Waals surface area contributed by atoms with Crippen LogP contribution in [0.15, 0.2) is 0 Å². The van der Waals surface area contributed by atoms with Crippen LogP contribution in [0, 0.1) is 5.92 Å². The number of nitrogens with one attached hydrogen (secondary N) is 1. The first kappa shape index (κ1) is 15.1. The molecule has 0 radical (unpaired) electrons. The minimum Gasteiger partial charge on any atom is -0.374 e. The van der Waals surface area contributed by atoms with Crippen molar-refractivity contribution in [1.29, 1.82) is 0 Å². The minimum atomic E-state index is -4.01. The fourth-order valence-corrected chi connectivity index (χ4v) is 3.05. The average Bonchev–Trinajstić information content (AvgIpc) is 2.39. The van der Waals surface area contributed by atoms with Crippen LogP contribution < -0.4 is 5.32 Å². The summed E-state index contributed by atoms with van der Waals surface area (Å²) >= 11 is 0. The summed E-state index contributed by atoms with van der Waals surface area (Å²) in [5.41, 5.74) is 0. The van der Waals surface area contributed by atoms with Crippen molar-refractivity contribution in [2.45, 2.75) is 44.0 Å². The maximum atomic E-state index is 12.6. The lowest BCUT2D eigenvalue weighted by Gasteiger charge is -2.37. The van der Waals surface area contributed by atoms with E-state index in [1.54, 1.807) is 0 Å². The van der Waals surface area contributed by atoms with Crippen LogP contribution in [0.1, 0.15) is 25.7 Å². The van der Waals surface area contributed by atoms with Gasteiger partial charge in [0.25, 0.3) is 0 Å². The Hall–Kier alpha value is -0.330. The highest BCUT2D eigenvalue weighted by molar-refractivity contribution is 4.83. The second-order valence-corrected chi connectivity index (χ2v) is 5.68. The third kappa shape index (κ3) is 4.33. The average molecular weight is 280 g/mol. The Morgan fingerprint density at radius 1 is 1.21 bits per heavy atom. The van der Waals surface area contributed by atoms with Crippen molar-refractivity contribution in [2.24, 2.45) is 5.92 Å². The van der Waals surface area contributed by atoms with Crippen molar-refractivity contribution in [3.05, 3.63) is 0 Å². The van der Waals surface area contributed by atoms with Crippen molar-refractivity contribution >= 4 is 0 Å². The van der Waals surface area contributed by atoms with Gasteiger partial charge in [-0.1, -0.05) is 0 Å². The predicted octanol–water partition coefficient (Wildman–Crippen LogP) is 2.03. The SMILES string of the molecule is CN(CC1CNCCO1)C1CCC(C(F)(F)F)CC1. The molecule has 2 fully saturated rings. The zero-order valence-electron chi connectivity index (χ0n) is 11.4. The van der Waals surface area contributed by atoms with Crippen molar-refractivity contribution in [2.75, 3.05) is 33.3 Å². The monoisotopic (exact) mass is 280 g/mol. The smallest absolute Gasteiger partial charge is 0.374 e. The molecular weight excluding hydrogens is 257 g/mol. The quantitative estimate of drug-likeness (QED) is 0.856. The third-order valence-corrected chi connectivity index (χ3v) is 4.28. The Balaban J connectivity index is 1.74. The summed E-state index contributed by atoms with van der Waals surface area (Å²) in [5.74, 6) is -1.09. The van der Waals surface area contributed by atoms with Crippen LogP contribution >= 0.6 is 0 Å². The fraction of sp³-hybridized carbons (Fsp3) is 1.00. The van der Waals surface area contributed by atoms with Gasteiger partial charge in [0.15, 0.2) is 0 Å². The van der Waals surface area contributed by atoms with E-state index in [0.717, 1.165) is 26.2 Å². The van der Waals surface area contributed by atoms with Crippen LogP contribution in [0.2, 0.25) is 0 Å². The van der Waals surface area contributed by atoms with Gasteiger partial charge in [0, 0.05) is 25.7 Å². The fourth-order valence-electron chi connectivity index (χ4n) is 3.05. The van der Waals surface area contributed by atoms with E-state index >= 15 is 0 Å². The van der Waals surface area contributed by atoms with Gasteiger partial charge < -0.3 is 15.0 Å². The molecule has 1 saturated carbocycles. The molecule has 0 aromatic heterocycles. The maximum absolute atomic E-state index is 12.6. The van der Waals surface area contributed by atoms with Gasteiger partial charge >= 0.3 is 6.18 Å². The summed E-state index contributed by atoms with van der Waals surface area (Å²) in [6, 6.07) is 0.268. The number of likely N-dealkylation sites (N-methyl/N-ethyl adjacent to an activating group) is 1. The van der Waals surface area contributed by atoms with Crippen molar-refractivity contribution in [3.63, 3.8) is 0 Å². The molecule has 2 aliphatic rings. The normalized spacial score (nSPS) is 33.6. The first-order valence-corrected chi connectivity index (χ1v) is 7.06. The van der Waals surface area contributed by atoms with Gasteiger partial charge in [-0.25, -0.2) is 0 Å². The lowest BCUT2D eigenvalue weighted by Crippen LogP contribution is -2.47. The molecule has 1 aliphatic carbocycles. The lowest BCUT2D eigenvalue weighted by atomic mass is 9.85. The van der Waals surface area contributed by atoms with Crippen LogP contribution in [-0.4, -0.2) is 56.5 Å². The molecule has 0 aromatic rings. The van der Waals surface area contributed by atoms with Crippen LogP contribution in [0.4, 0.5) is 13.2 Å². The molecule has 2 rings (SSSR count). The van der Waals surface area contributed by atoms with E-state index in [9.17, 15) is 13.2 Å². The zero-order valence-corrected chi connectivity index (χ0v) is 11.4. The highest BCUT2D eigenvalue weighted by Gasteiger charge is 2.42. The van der Waals surface area contributed by atoms with Crippen LogP contribution in [0.3, 0.4) is 0 Å². The number of hydrogen-bond acceptors (Lipinski definition) is 3. The molecule has 112 valence electrons. The Morgan fingerprint density at radius 2 is 1.89 bits per heavy atom. The Bertz CT molecular complexity index is 272. The second kappa shape index (κ2) is 6.41. The number of hydrogen-bond donors (Lipinski definition) is 1. The molecule has 1 aliphatic heterocycles. The number of alkyl halides is 3. The summed E-state index contributed by atoms with van der Waals surface area (Å²) in [4.78, 5) is 2.17. The molecule has 0 spiro atoms. The van der Waals surface area contributed by atoms with E-state index in [0.29, 0.717) is 12.8 Å². The van der Waals surface area contributed by atoms with E-state index in [-0.39, 0.29) is 25.0 Å². The second-order valence-electron chi connectivity index (χ2n) is 5.68. The van der Waals surface area contributed by atoms with Gasteiger partial charge in [-0.2, -0.15) is 13.2 Å². The van der Waals surface area contributed by atoms with Crippen LogP contribution in [-0.2, 0) is 4.74 Å². The minimum absolute atomic E-state index is 0.166.